The third kappa shape index (κ3) is 9.39. The highest BCUT2D eigenvalue weighted by Crippen LogP contribution is 2.29. The standard InChI is InChI=1S/C21H24ClNO4S2/c1-2-25-20(24)8-5-15-29-21(28)23-13-14-26-16-9-11-17(12-10-16)27-19-7-4-3-6-18(19)22/h3-4,6-7,9-12H,2,5,8,13-15H2,1H3,(H,23,28). The number of benzene rings is 2. The minimum absolute atomic E-state index is 0.163. The second-order valence-corrected chi connectivity index (χ2v) is 8.00. The number of hydrogen-bond acceptors (Lipinski definition) is 6. The summed E-state index contributed by atoms with van der Waals surface area (Å²) in [6, 6.07) is 14.7. The van der Waals surface area contributed by atoms with E-state index in [9.17, 15) is 4.79 Å². The van der Waals surface area contributed by atoms with Gasteiger partial charge in [-0.05, 0) is 49.7 Å². The van der Waals surface area contributed by atoms with Crippen molar-refractivity contribution < 1.29 is 19.0 Å². The highest BCUT2D eigenvalue weighted by Gasteiger charge is 2.04. The van der Waals surface area contributed by atoms with E-state index in [1.54, 1.807) is 13.0 Å². The molecule has 2 aromatic rings. The van der Waals surface area contributed by atoms with Crippen LogP contribution in [0.5, 0.6) is 17.2 Å². The first kappa shape index (κ1) is 23.3. The van der Waals surface area contributed by atoms with E-state index in [-0.39, 0.29) is 5.97 Å². The third-order valence-corrected chi connectivity index (χ3v) is 5.30. The lowest BCUT2D eigenvalue weighted by molar-refractivity contribution is -0.143. The van der Waals surface area contributed by atoms with Gasteiger partial charge in [-0.3, -0.25) is 4.79 Å². The number of carbonyl (C=O) groups is 1. The van der Waals surface area contributed by atoms with Gasteiger partial charge in [0, 0.05) is 12.2 Å². The Morgan fingerprint density at radius 3 is 2.59 bits per heavy atom. The van der Waals surface area contributed by atoms with E-state index >= 15 is 0 Å². The fraction of sp³-hybridized carbons (Fsp3) is 0.333. The summed E-state index contributed by atoms with van der Waals surface area (Å²) in [5.41, 5.74) is 0. The summed E-state index contributed by atoms with van der Waals surface area (Å²) in [6.07, 6.45) is 1.16. The topological polar surface area (TPSA) is 56.8 Å². The lowest BCUT2D eigenvalue weighted by Gasteiger charge is -2.10. The molecule has 0 aliphatic rings. The van der Waals surface area contributed by atoms with Crippen LogP contribution >= 0.6 is 35.6 Å². The van der Waals surface area contributed by atoms with Crippen molar-refractivity contribution in [1.82, 2.24) is 5.32 Å². The first-order valence-electron chi connectivity index (χ1n) is 9.30. The number of carbonyl (C=O) groups excluding carboxylic acids is 1. The van der Waals surface area contributed by atoms with Crippen molar-refractivity contribution >= 4 is 45.9 Å². The molecule has 156 valence electrons. The first-order chi connectivity index (χ1) is 14.1. The zero-order valence-electron chi connectivity index (χ0n) is 16.2. The van der Waals surface area contributed by atoms with Crippen molar-refractivity contribution in [1.29, 1.82) is 0 Å². The SMILES string of the molecule is CCOC(=O)CCCSC(=S)NCCOc1ccc(Oc2ccccc2Cl)cc1. The minimum atomic E-state index is -0.163. The quantitative estimate of drug-likeness (QED) is 0.275. The van der Waals surface area contributed by atoms with Crippen molar-refractivity contribution in [3.8, 4) is 17.2 Å². The molecule has 0 radical (unpaired) electrons. The molecule has 0 fully saturated rings. The summed E-state index contributed by atoms with van der Waals surface area (Å²) >= 11 is 12.9. The van der Waals surface area contributed by atoms with E-state index in [0.717, 1.165) is 17.9 Å². The van der Waals surface area contributed by atoms with Gasteiger partial charge in [-0.25, -0.2) is 0 Å². The number of esters is 1. The molecule has 0 bridgehead atoms. The van der Waals surface area contributed by atoms with E-state index in [2.05, 4.69) is 5.32 Å². The maximum atomic E-state index is 11.3. The van der Waals surface area contributed by atoms with Gasteiger partial charge >= 0.3 is 5.97 Å². The van der Waals surface area contributed by atoms with E-state index < -0.39 is 0 Å². The van der Waals surface area contributed by atoms with Crippen LogP contribution in [0.1, 0.15) is 19.8 Å². The monoisotopic (exact) mass is 453 g/mol. The minimum Gasteiger partial charge on any atom is -0.492 e. The summed E-state index contributed by atoms with van der Waals surface area (Å²) in [5.74, 6) is 2.65. The molecule has 5 nitrogen and oxygen atoms in total. The number of ether oxygens (including phenoxy) is 3. The molecule has 0 atom stereocenters. The molecule has 0 aromatic heterocycles. The largest absolute Gasteiger partial charge is 0.492 e. The van der Waals surface area contributed by atoms with Crippen molar-refractivity contribution in [2.24, 2.45) is 0 Å². The molecule has 0 aliphatic heterocycles. The number of para-hydroxylation sites is 1. The normalized spacial score (nSPS) is 10.3. The third-order valence-electron chi connectivity index (χ3n) is 3.59. The Bertz CT molecular complexity index is 787. The lowest BCUT2D eigenvalue weighted by Crippen LogP contribution is -2.24. The van der Waals surface area contributed by atoms with Gasteiger partial charge < -0.3 is 19.5 Å². The van der Waals surface area contributed by atoms with E-state index in [1.807, 2.05) is 42.5 Å². The Kier molecular flexibility index (Phi) is 10.7. The molecular formula is C21H24ClNO4S2. The van der Waals surface area contributed by atoms with Gasteiger partial charge in [0.2, 0.25) is 0 Å². The van der Waals surface area contributed by atoms with Gasteiger partial charge in [-0.15, -0.1) is 0 Å². The summed E-state index contributed by atoms with van der Waals surface area (Å²) in [6.45, 7) is 3.30. The van der Waals surface area contributed by atoms with Gasteiger partial charge in [-0.2, -0.15) is 0 Å². The van der Waals surface area contributed by atoms with Gasteiger partial charge in [0.15, 0.2) is 0 Å². The molecule has 2 rings (SSSR count). The van der Waals surface area contributed by atoms with E-state index in [0.29, 0.717) is 47.0 Å². The van der Waals surface area contributed by atoms with Gasteiger partial charge in [-0.1, -0.05) is 47.7 Å². The zero-order chi connectivity index (χ0) is 20.9. The smallest absolute Gasteiger partial charge is 0.305 e. The van der Waals surface area contributed by atoms with Crippen LogP contribution in [-0.2, 0) is 9.53 Å². The zero-order valence-corrected chi connectivity index (χ0v) is 18.6. The molecular weight excluding hydrogens is 430 g/mol. The molecule has 8 heteroatoms. The molecule has 0 unspecified atom stereocenters. The van der Waals surface area contributed by atoms with Crippen LogP contribution in [0.15, 0.2) is 48.5 Å². The van der Waals surface area contributed by atoms with Gasteiger partial charge in [0.25, 0.3) is 0 Å². The molecule has 0 saturated carbocycles. The second kappa shape index (κ2) is 13.3. The number of nitrogens with one attached hydrogen (secondary N) is 1. The maximum Gasteiger partial charge on any atom is 0.305 e. The predicted molar refractivity (Wildman–Crippen MR) is 122 cm³/mol. The van der Waals surface area contributed by atoms with Crippen LogP contribution in [0.3, 0.4) is 0 Å². The molecule has 0 aliphatic carbocycles. The predicted octanol–water partition coefficient (Wildman–Crippen LogP) is 5.46. The summed E-state index contributed by atoms with van der Waals surface area (Å²) < 4.78 is 17.0. The van der Waals surface area contributed by atoms with Gasteiger partial charge in [0.05, 0.1) is 18.2 Å². The molecule has 0 spiro atoms. The number of thiocarbonyl (C=S) groups is 1. The van der Waals surface area contributed by atoms with Crippen LogP contribution in [0.25, 0.3) is 0 Å². The van der Waals surface area contributed by atoms with Gasteiger partial charge in [0.1, 0.15) is 28.2 Å². The van der Waals surface area contributed by atoms with Crippen LogP contribution in [-0.4, -0.2) is 35.8 Å². The first-order valence-corrected chi connectivity index (χ1v) is 11.1. The molecule has 0 heterocycles. The Hall–Kier alpha value is -1.96. The highest BCUT2D eigenvalue weighted by atomic mass is 35.5. The highest BCUT2D eigenvalue weighted by molar-refractivity contribution is 8.22. The van der Waals surface area contributed by atoms with Crippen LogP contribution in [0.2, 0.25) is 5.02 Å². The summed E-state index contributed by atoms with van der Waals surface area (Å²) in [7, 11) is 0. The van der Waals surface area contributed by atoms with Crippen molar-refractivity contribution in [2.45, 2.75) is 19.8 Å². The fourth-order valence-corrected chi connectivity index (χ4v) is 3.45. The molecule has 2 aromatic carbocycles. The van der Waals surface area contributed by atoms with Crippen LogP contribution < -0.4 is 14.8 Å². The summed E-state index contributed by atoms with van der Waals surface area (Å²) in [5, 5.41) is 3.69. The van der Waals surface area contributed by atoms with Crippen LogP contribution in [0.4, 0.5) is 0 Å². The molecule has 0 amide bonds. The number of rotatable bonds is 11. The number of thioether (sulfide) groups is 1. The lowest BCUT2D eigenvalue weighted by atomic mass is 10.3. The van der Waals surface area contributed by atoms with Crippen LogP contribution in [0, 0.1) is 0 Å². The Morgan fingerprint density at radius 2 is 1.86 bits per heavy atom. The maximum absolute atomic E-state index is 11.3. The van der Waals surface area contributed by atoms with Crippen molar-refractivity contribution in [3.63, 3.8) is 0 Å². The van der Waals surface area contributed by atoms with Crippen molar-refractivity contribution in [3.05, 3.63) is 53.6 Å². The molecule has 29 heavy (non-hydrogen) atoms. The fourth-order valence-electron chi connectivity index (χ4n) is 2.25. The molecule has 0 saturated heterocycles. The van der Waals surface area contributed by atoms with E-state index in [1.165, 1.54) is 11.8 Å². The Morgan fingerprint density at radius 1 is 1.14 bits per heavy atom. The van der Waals surface area contributed by atoms with E-state index in [4.69, 9.17) is 38.0 Å². The average molecular weight is 454 g/mol. The Labute approximate surface area is 186 Å². The second-order valence-electron chi connectivity index (χ2n) is 5.82. The summed E-state index contributed by atoms with van der Waals surface area (Å²) in [4.78, 5) is 11.3. The molecule has 1 N–H and O–H groups in total. The average Bonchev–Trinajstić information content (AvgIpc) is 2.72. The Balaban J connectivity index is 1.60. The number of hydrogen-bond donors (Lipinski definition) is 1. The van der Waals surface area contributed by atoms with Crippen molar-refractivity contribution in [2.75, 3.05) is 25.5 Å². The number of halogens is 1.